The highest BCUT2D eigenvalue weighted by Crippen LogP contribution is 2.13. The van der Waals surface area contributed by atoms with E-state index in [4.69, 9.17) is 15.7 Å². The second kappa shape index (κ2) is 9.73. The molecule has 27 heavy (non-hydrogen) atoms. The molecule has 0 bridgehead atoms. The lowest BCUT2D eigenvalue weighted by molar-refractivity contribution is 0.0186. The number of halogens is 2. The number of hydrogen-bond donors (Lipinski definition) is 1. The van der Waals surface area contributed by atoms with Crippen LogP contribution in [0.1, 0.15) is 31.9 Å². The van der Waals surface area contributed by atoms with Gasteiger partial charge < -0.3 is 20.3 Å². The first-order chi connectivity index (χ1) is 12.2. The molecule has 0 spiro atoms. The van der Waals surface area contributed by atoms with Crippen molar-refractivity contribution in [3.05, 3.63) is 35.1 Å². The van der Waals surface area contributed by atoms with Crippen molar-refractivity contribution in [2.24, 2.45) is 10.7 Å². The highest BCUT2D eigenvalue weighted by atomic mass is 127. The Labute approximate surface area is 176 Å². The van der Waals surface area contributed by atoms with E-state index in [1.54, 1.807) is 11.0 Å². The molecule has 148 valence electrons. The molecule has 1 heterocycles. The first-order valence-corrected chi connectivity index (χ1v) is 8.41. The predicted molar refractivity (Wildman–Crippen MR) is 111 cm³/mol. The van der Waals surface area contributed by atoms with Crippen molar-refractivity contribution in [2.75, 3.05) is 26.2 Å². The number of piperazine rings is 1. The Hall–Kier alpha value is -2.09. The summed E-state index contributed by atoms with van der Waals surface area (Å²) in [5.74, 6) is -0.173. The Bertz CT molecular complexity index is 734. The van der Waals surface area contributed by atoms with Gasteiger partial charge in [0.15, 0.2) is 5.96 Å². The third-order valence-electron chi connectivity index (χ3n) is 3.85. The lowest BCUT2D eigenvalue weighted by atomic mass is 10.1. The van der Waals surface area contributed by atoms with Crippen LogP contribution in [-0.2, 0) is 11.3 Å². The summed E-state index contributed by atoms with van der Waals surface area (Å²) < 4.78 is 19.2. The smallest absolute Gasteiger partial charge is 0.410 e. The zero-order valence-electron chi connectivity index (χ0n) is 15.7. The molecule has 1 fully saturated rings. The van der Waals surface area contributed by atoms with E-state index in [1.165, 1.54) is 12.1 Å². The van der Waals surface area contributed by atoms with E-state index in [0.29, 0.717) is 37.7 Å². The molecule has 1 aromatic carbocycles. The number of hydrogen-bond acceptors (Lipinski definition) is 4. The molecule has 0 saturated carbocycles. The minimum atomic E-state index is -0.528. The number of carbonyl (C=O) groups excluding carboxylic acids is 1. The van der Waals surface area contributed by atoms with E-state index < -0.39 is 11.4 Å². The normalized spacial score (nSPS) is 15.0. The first-order valence-electron chi connectivity index (χ1n) is 8.41. The SMILES string of the molecule is CC(C)(C)OC(=O)N1CCN(C(N)=NCc2ccc(C#N)cc2F)CC1.I. The van der Waals surface area contributed by atoms with Gasteiger partial charge in [-0.1, -0.05) is 6.07 Å². The van der Waals surface area contributed by atoms with Gasteiger partial charge in [0.25, 0.3) is 0 Å². The molecule has 2 rings (SSSR count). The van der Waals surface area contributed by atoms with Crippen LogP contribution in [0.4, 0.5) is 9.18 Å². The second-order valence-electron chi connectivity index (χ2n) is 7.05. The number of amides is 1. The zero-order valence-corrected chi connectivity index (χ0v) is 18.1. The molecule has 2 N–H and O–H groups in total. The van der Waals surface area contributed by atoms with Crippen LogP contribution in [0.15, 0.2) is 23.2 Å². The predicted octanol–water partition coefficient (Wildman–Crippen LogP) is 2.68. The minimum absolute atomic E-state index is 0. The molecule has 0 unspecified atom stereocenters. The maximum Gasteiger partial charge on any atom is 0.410 e. The van der Waals surface area contributed by atoms with Gasteiger partial charge in [0, 0.05) is 31.7 Å². The van der Waals surface area contributed by atoms with Crippen LogP contribution in [0, 0.1) is 17.1 Å². The maximum absolute atomic E-state index is 13.9. The molecule has 1 aliphatic heterocycles. The topological polar surface area (TPSA) is 94.9 Å². The van der Waals surface area contributed by atoms with Crippen LogP contribution in [0.2, 0.25) is 0 Å². The second-order valence-corrected chi connectivity index (χ2v) is 7.05. The third kappa shape index (κ3) is 6.86. The number of carbonyl (C=O) groups is 1. The molecule has 0 aromatic heterocycles. The molecule has 7 nitrogen and oxygen atoms in total. The van der Waals surface area contributed by atoms with Crippen molar-refractivity contribution in [1.82, 2.24) is 9.80 Å². The quantitative estimate of drug-likeness (QED) is 0.392. The summed E-state index contributed by atoms with van der Waals surface area (Å²) >= 11 is 0. The number of aliphatic imine (C=N–C) groups is 1. The molecule has 0 aliphatic carbocycles. The van der Waals surface area contributed by atoms with Gasteiger partial charge in [0.05, 0.1) is 18.2 Å². The van der Waals surface area contributed by atoms with Gasteiger partial charge in [-0.25, -0.2) is 14.2 Å². The van der Waals surface area contributed by atoms with Crippen molar-refractivity contribution in [3.8, 4) is 6.07 Å². The summed E-state index contributed by atoms with van der Waals surface area (Å²) in [7, 11) is 0. The van der Waals surface area contributed by atoms with Gasteiger partial charge in [-0.3, -0.25) is 0 Å². The molecule has 1 aliphatic rings. The molecule has 1 saturated heterocycles. The fraction of sp³-hybridized carbons (Fsp3) is 0.500. The van der Waals surface area contributed by atoms with Gasteiger partial charge >= 0.3 is 6.09 Å². The highest BCUT2D eigenvalue weighted by Gasteiger charge is 2.26. The molecule has 1 aromatic rings. The van der Waals surface area contributed by atoms with Crippen molar-refractivity contribution in [3.63, 3.8) is 0 Å². The molecule has 0 radical (unpaired) electrons. The van der Waals surface area contributed by atoms with Crippen molar-refractivity contribution >= 4 is 36.0 Å². The molecule has 9 heteroatoms. The zero-order chi connectivity index (χ0) is 19.3. The lowest BCUT2D eigenvalue weighted by Gasteiger charge is -2.36. The van der Waals surface area contributed by atoms with Crippen LogP contribution >= 0.6 is 24.0 Å². The number of nitrogens with zero attached hydrogens (tertiary/aromatic N) is 4. The summed E-state index contributed by atoms with van der Waals surface area (Å²) in [6.45, 7) is 7.60. The standard InChI is InChI=1S/C18H24FN5O2.HI/c1-18(2,3)26-17(25)24-8-6-23(7-9-24)16(21)22-12-14-5-4-13(11-20)10-15(14)19;/h4-5,10H,6-9,12H2,1-3H3,(H2,21,22);1H. The van der Waals surface area contributed by atoms with E-state index in [9.17, 15) is 9.18 Å². The summed E-state index contributed by atoms with van der Waals surface area (Å²) in [5, 5.41) is 8.76. The summed E-state index contributed by atoms with van der Waals surface area (Å²) in [6.07, 6.45) is -0.340. The van der Waals surface area contributed by atoms with Crippen LogP contribution in [0.3, 0.4) is 0 Å². The largest absolute Gasteiger partial charge is 0.444 e. The molecule has 1 amide bonds. The van der Waals surface area contributed by atoms with Crippen molar-refractivity contribution < 1.29 is 13.9 Å². The molecular formula is C18H25FIN5O2. The van der Waals surface area contributed by atoms with E-state index >= 15 is 0 Å². The summed E-state index contributed by atoms with van der Waals surface area (Å²) in [4.78, 5) is 19.8. The van der Waals surface area contributed by atoms with Crippen LogP contribution < -0.4 is 5.73 Å². The van der Waals surface area contributed by atoms with E-state index in [1.807, 2.05) is 31.7 Å². The summed E-state index contributed by atoms with van der Waals surface area (Å²) in [5.41, 5.74) is 6.10. The summed E-state index contributed by atoms with van der Waals surface area (Å²) in [6, 6.07) is 6.15. The van der Waals surface area contributed by atoms with Crippen molar-refractivity contribution in [1.29, 1.82) is 5.26 Å². The van der Waals surface area contributed by atoms with Crippen LogP contribution in [0.25, 0.3) is 0 Å². The number of nitriles is 1. The average molecular weight is 489 g/mol. The van der Waals surface area contributed by atoms with Gasteiger partial charge in [-0.05, 0) is 32.9 Å². The Kier molecular flexibility index (Phi) is 8.27. The molecular weight excluding hydrogens is 464 g/mol. The van der Waals surface area contributed by atoms with Gasteiger partial charge in [-0.15, -0.1) is 24.0 Å². The number of ether oxygens (including phenoxy) is 1. The lowest BCUT2D eigenvalue weighted by Crippen LogP contribution is -2.53. The van der Waals surface area contributed by atoms with Gasteiger partial charge in [-0.2, -0.15) is 5.26 Å². The van der Waals surface area contributed by atoms with Gasteiger partial charge in [0.2, 0.25) is 0 Å². The maximum atomic E-state index is 13.9. The monoisotopic (exact) mass is 489 g/mol. The van der Waals surface area contributed by atoms with Crippen molar-refractivity contribution in [2.45, 2.75) is 32.9 Å². The van der Waals surface area contributed by atoms with E-state index in [2.05, 4.69) is 4.99 Å². The van der Waals surface area contributed by atoms with E-state index in [-0.39, 0.29) is 42.2 Å². The average Bonchev–Trinajstić information content (AvgIpc) is 2.59. The fourth-order valence-corrected chi connectivity index (χ4v) is 2.46. The van der Waals surface area contributed by atoms with E-state index in [0.717, 1.165) is 0 Å². The number of guanidine groups is 1. The Balaban J connectivity index is 0.00000364. The Morgan fingerprint density at radius 2 is 1.89 bits per heavy atom. The Morgan fingerprint density at radius 3 is 2.41 bits per heavy atom. The number of nitrogens with two attached hydrogens (primary N) is 1. The highest BCUT2D eigenvalue weighted by molar-refractivity contribution is 14.0. The van der Waals surface area contributed by atoms with Gasteiger partial charge in [0.1, 0.15) is 11.4 Å². The van der Waals surface area contributed by atoms with Crippen LogP contribution in [-0.4, -0.2) is 53.6 Å². The Morgan fingerprint density at radius 1 is 1.30 bits per heavy atom. The first kappa shape index (κ1) is 23.0. The molecule has 0 atom stereocenters. The number of rotatable bonds is 2. The number of benzene rings is 1. The fourth-order valence-electron chi connectivity index (χ4n) is 2.46. The minimum Gasteiger partial charge on any atom is -0.444 e. The van der Waals surface area contributed by atoms with Crippen LogP contribution in [0.5, 0.6) is 0 Å². The third-order valence-corrected chi connectivity index (χ3v) is 3.85.